The van der Waals surface area contributed by atoms with Gasteiger partial charge in [-0.05, 0) is 36.6 Å². The van der Waals surface area contributed by atoms with E-state index >= 15 is 0 Å². The van der Waals surface area contributed by atoms with Crippen molar-refractivity contribution in [2.75, 3.05) is 32.9 Å². The molecular weight excluding hydrogens is 364 g/mol. The molecule has 0 aromatic heterocycles. The molecule has 0 unspecified atom stereocenters. The predicted octanol–water partition coefficient (Wildman–Crippen LogP) is 1.13. The molecule has 150 valence electrons. The van der Waals surface area contributed by atoms with Gasteiger partial charge in [0.2, 0.25) is 5.91 Å². The zero-order chi connectivity index (χ0) is 19.9. The largest absolute Gasteiger partial charge is 0.490 e. The third-order valence-corrected chi connectivity index (χ3v) is 4.77. The summed E-state index contributed by atoms with van der Waals surface area (Å²) in [5, 5.41) is 0. The summed E-state index contributed by atoms with van der Waals surface area (Å²) in [4.78, 5) is 36.8. The molecule has 0 atom stereocenters. The van der Waals surface area contributed by atoms with Gasteiger partial charge in [0, 0.05) is 31.5 Å². The van der Waals surface area contributed by atoms with Gasteiger partial charge in [0.25, 0.3) is 5.91 Å². The Hall–Kier alpha value is -3.03. The number of likely N-dealkylation sites (tertiary alicyclic amines) is 1. The molecule has 0 saturated carbocycles. The van der Waals surface area contributed by atoms with E-state index in [9.17, 15) is 14.4 Å². The van der Waals surface area contributed by atoms with Gasteiger partial charge < -0.3 is 24.8 Å². The summed E-state index contributed by atoms with van der Waals surface area (Å²) in [6, 6.07) is 5.40. The highest BCUT2D eigenvalue weighted by Crippen LogP contribution is 2.30. The highest BCUT2D eigenvalue weighted by Gasteiger charge is 2.26. The van der Waals surface area contributed by atoms with Gasteiger partial charge in [-0.2, -0.15) is 0 Å². The molecule has 8 heteroatoms. The molecule has 1 aromatic carbocycles. The lowest BCUT2D eigenvalue weighted by Gasteiger charge is -2.30. The molecule has 2 N–H and O–H groups in total. The van der Waals surface area contributed by atoms with Crippen LogP contribution in [0.15, 0.2) is 24.3 Å². The van der Waals surface area contributed by atoms with Crippen molar-refractivity contribution < 1.29 is 28.6 Å². The molecular formula is C20H24N2O6. The molecule has 8 nitrogen and oxygen atoms in total. The van der Waals surface area contributed by atoms with Gasteiger partial charge in [-0.1, -0.05) is 6.07 Å². The van der Waals surface area contributed by atoms with Crippen LogP contribution in [0.5, 0.6) is 11.5 Å². The molecule has 2 aliphatic heterocycles. The second kappa shape index (κ2) is 9.25. The molecule has 1 saturated heterocycles. The topological polar surface area (TPSA) is 108 Å². The van der Waals surface area contributed by atoms with Crippen LogP contribution in [0.25, 0.3) is 6.08 Å². The second-order valence-electron chi connectivity index (χ2n) is 6.76. The van der Waals surface area contributed by atoms with Crippen molar-refractivity contribution in [1.82, 2.24) is 4.90 Å². The molecule has 2 aliphatic rings. The summed E-state index contributed by atoms with van der Waals surface area (Å²) in [7, 11) is 0. The number of rotatable bonds is 5. The van der Waals surface area contributed by atoms with Crippen LogP contribution in [0.2, 0.25) is 0 Å². The molecule has 28 heavy (non-hydrogen) atoms. The number of amides is 2. The lowest BCUT2D eigenvalue weighted by atomic mass is 9.96. The molecule has 1 aromatic rings. The van der Waals surface area contributed by atoms with Gasteiger partial charge in [0.1, 0.15) is 0 Å². The molecule has 1 fully saturated rings. The Labute approximate surface area is 163 Å². The maximum atomic E-state index is 12.1. The van der Waals surface area contributed by atoms with E-state index in [1.807, 2.05) is 6.07 Å². The minimum absolute atomic E-state index is 0.190. The quantitative estimate of drug-likeness (QED) is 0.598. The first kappa shape index (κ1) is 19.7. The van der Waals surface area contributed by atoms with E-state index in [-0.39, 0.29) is 24.3 Å². The van der Waals surface area contributed by atoms with Gasteiger partial charge in [0.15, 0.2) is 18.1 Å². The SMILES string of the molecule is NC(=O)C1CCN(C(=O)COC(=O)/C=C/c2ccc3c(c2)OCCCO3)CC1. The highest BCUT2D eigenvalue weighted by atomic mass is 16.5. The molecule has 2 amide bonds. The van der Waals surface area contributed by atoms with Crippen LogP contribution >= 0.6 is 0 Å². The van der Waals surface area contributed by atoms with Crippen LogP contribution in [0.4, 0.5) is 0 Å². The first-order chi connectivity index (χ1) is 13.5. The average Bonchev–Trinajstić information content (AvgIpc) is 2.95. The van der Waals surface area contributed by atoms with E-state index in [1.165, 1.54) is 6.08 Å². The number of carbonyl (C=O) groups excluding carboxylic acids is 3. The summed E-state index contributed by atoms with van der Waals surface area (Å²) in [6.45, 7) is 1.75. The highest BCUT2D eigenvalue weighted by molar-refractivity contribution is 5.89. The van der Waals surface area contributed by atoms with E-state index in [1.54, 1.807) is 23.1 Å². The number of piperidine rings is 1. The molecule has 3 rings (SSSR count). The fraction of sp³-hybridized carbons (Fsp3) is 0.450. The van der Waals surface area contributed by atoms with Gasteiger partial charge in [-0.3, -0.25) is 9.59 Å². The lowest BCUT2D eigenvalue weighted by Crippen LogP contribution is -2.43. The minimum atomic E-state index is -0.604. The van der Waals surface area contributed by atoms with Crippen LogP contribution in [-0.4, -0.2) is 55.6 Å². The number of nitrogens with two attached hydrogens (primary N) is 1. The smallest absolute Gasteiger partial charge is 0.331 e. The average molecular weight is 388 g/mol. The predicted molar refractivity (Wildman–Crippen MR) is 101 cm³/mol. The van der Waals surface area contributed by atoms with E-state index in [0.29, 0.717) is 50.6 Å². The Morgan fingerprint density at radius 1 is 1.14 bits per heavy atom. The summed E-state index contributed by atoms with van der Waals surface area (Å²) < 4.78 is 16.2. The van der Waals surface area contributed by atoms with Crippen LogP contribution in [0, 0.1) is 5.92 Å². The van der Waals surface area contributed by atoms with Crippen molar-refractivity contribution in [2.24, 2.45) is 11.7 Å². The van der Waals surface area contributed by atoms with Gasteiger partial charge in [-0.25, -0.2) is 4.79 Å². The molecule has 0 aliphatic carbocycles. The number of ether oxygens (including phenoxy) is 3. The number of nitrogens with zero attached hydrogens (tertiary/aromatic N) is 1. The van der Waals surface area contributed by atoms with Gasteiger partial charge in [0.05, 0.1) is 13.2 Å². The van der Waals surface area contributed by atoms with E-state index < -0.39 is 5.97 Å². The molecule has 2 heterocycles. The Morgan fingerprint density at radius 2 is 1.86 bits per heavy atom. The van der Waals surface area contributed by atoms with Crippen LogP contribution < -0.4 is 15.2 Å². The number of hydrogen-bond acceptors (Lipinski definition) is 6. The van der Waals surface area contributed by atoms with Crippen molar-refractivity contribution in [3.63, 3.8) is 0 Å². The number of benzene rings is 1. The fourth-order valence-electron chi connectivity index (χ4n) is 3.13. The van der Waals surface area contributed by atoms with E-state index in [2.05, 4.69) is 0 Å². The number of carbonyl (C=O) groups is 3. The van der Waals surface area contributed by atoms with Crippen molar-refractivity contribution in [3.8, 4) is 11.5 Å². The number of hydrogen-bond donors (Lipinski definition) is 1. The molecule has 0 spiro atoms. The third-order valence-electron chi connectivity index (χ3n) is 4.77. The third kappa shape index (κ3) is 5.25. The summed E-state index contributed by atoms with van der Waals surface area (Å²) in [5.41, 5.74) is 6.04. The minimum Gasteiger partial charge on any atom is -0.490 e. The van der Waals surface area contributed by atoms with Gasteiger partial charge in [-0.15, -0.1) is 0 Å². The Kier molecular flexibility index (Phi) is 6.52. The van der Waals surface area contributed by atoms with Crippen molar-refractivity contribution in [3.05, 3.63) is 29.8 Å². The Balaban J connectivity index is 1.46. The maximum absolute atomic E-state index is 12.1. The molecule has 0 radical (unpaired) electrons. The van der Waals surface area contributed by atoms with Crippen LogP contribution in [0.3, 0.4) is 0 Å². The fourth-order valence-corrected chi connectivity index (χ4v) is 3.13. The number of fused-ring (bicyclic) bond motifs is 1. The maximum Gasteiger partial charge on any atom is 0.331 e. The Morgan fingerprint density at radius 3 is 2.57 bits per heavy atom. The van der Waals surface area contributed by atoms with Crippen LogP contribution in [-0.2, 0) is 19.1 Å². The zero-order valence-electron chi connectivity index (χ0n) is 15.6. The monoisotopic (exact) mass is 388 g/mol. The Bertz CT molecular complexity index is 768. The van der Waals surface area contributed by atoms with E-state index in [0.717, 1.165) is 12.0 Å². The lowest BCUT2D eigenvalue weighted by molar-refractivity contribution is -0.149. The first-order valence-corrected chi connectivity index (χ1v) is 9.34. The van der Waals surface area contributed by atoms with Gasteiger partial charge >= 0.3 is 5.97 Å². The summed E-state index contributed by atoms with van der Waals surface area (Å²) in [5.74, 6) is -0.0820. The van der Waals surface area contributed by atoms with Crippen LogP contribution in [0.1, 0.15) is 24.8 Å². The number of esters is 1. The van der Waals surface area contributed by atoms with Crippen molar-refractivity contribution in [1.29, 1.82) is 0 Å². The summed E-state index contributed by atoms with van der Waals surface area (Å²) in [6.07, 6.45) is 4.77. The first-order valence-electron chi connectivity index (χ1n) is 9.34. The molecule has 0 bridgehead atoms. The number of primary amides is 1. The normalized spacial score (nSPS) is 17.2. The zero-order valence-corrected chi connectivity index (χ0v) is 15.6. The van der Waals surface area contributed by atoms with Crippen molar-refractivity contribution >= 4 is 23.9 Å². The van der Waals surface area contributed by atoms with Crippen molar-refractivity contribution in [2.45, 2.75) is 19.3 Å². The summed E-state index contributed by atoms with van der Waals surface area (Å²) >= 11 is 0. The second-order valence-corrected chi connectivity index (χ2v) is 6.76. The van der Waals surface area contributed by atoms with E-state index in [4.69, 9.17) is 19.9 Å². The standard InChI is InChI=1S/C20H24N2O6/c21-20(25)15-6-8-22(9-7-15)18(23)13-28-19(24)5-3-14-2-4-16-17(12-14)27-11-1-10-26-16/h2-5,12,15H,1,6-11,13H2,(H2,21,25)/b5-3+.